The average molecular weight is 564 g/mol. The standard InChI is InChI=1S/C29H49N5O6/c1-5-8-10-12-15-25(36)23(32-20-29(4,33-21-35)19-26(37)38)16-17-31-28(30)34-24(27(39)40)18-22(13-7-3)14-11-9-6-2/h7,13,16,18,20-21,24-25,36H,5-6,8-12,14-15,17,19H2,1-4H3,(H,33,35)(H,37,38)(H,39,40)(H3,30,31,34)/b13-7+,22-18+,23-16-,32-20?. The maximum Gasteiger partial charge on any atom is 0.330 e. The van der Waals surface area contributed by atoms with E-state index in [2.05, 4.69) is 34.5 Å². The lowest BCUT2D eigenvalue weighted by molar-refractivity contribution is -0.139. The highest BCUT2D eigenvalue weighted by molar-refractivity contribution is 5.86. The van der Waals surface area contributed by atoms with Crippen LogP contribution in [0, 0.1) is 0 Å². The van der Waals surface area contributed by atoms with Crippen LogP contribution in [0.4, 0.5) is 0 Å². The van der Waals surface area contributed by atoms with E-state index < -0.39 is 36.0 Å². The van der Waals surface area contributed by atoms with Crippen molar-refractivity contribution in [2.75, 3.05) is 6.54 Å². The third-order valence-corrected chi connectivity index (χ3v) is 6.04. The van der Waals surface area contributed by atoms with Crippen molar-refractivity contribution in [2.24, 2.45) is 15.7 Å². The third kappa shape index (κ3) is 17.2. The average Bonchev–Trinajstić information content (AvgIpc) is 2.87. The minimum atomic E-state index is -1.26. The molecule has 0 heterocycles. The number of nitrogens with one attached hydrogen (secondary N) is 2. The molecule has 0 aliphatic rings. The third-order valence-electron chi connectivity index (χ3n) is 6.04. The Morgan fingerprint density at radius 1 is 1.07 bits per heavy atom. The molecule has 1 amide bonds. The number of guanidine groups is 1. The minimum Gasteiger partial charge on any atom is -0.481 e. The van der Waals surface area contributed by atoms with Gasteiger partial charge in [0.2, 0.25) is 6.41 Å². The number of hydrogen-bond acceptors (Lipinski definition) is 6. The van der Waals surface area contributed by atoms with Crippen LogP contribution in [-0.4, -0.2) is 70.1 Å². The van der Waals surface area contributed by atoms with E-state index in [1.165, 1.54) is 13.1 Å². The second-order valence-corrected chi connectivity index (χ2v) is 9.89. The summed E-state index contributed by atoms with van der Waals surface area (Å²) in [6.07, 6.45) is 15.3. The molecule has 11 nitrogen and oxygen atoms in total. The van der Waals surface area contributed by atoms with E-state index in [1.54, 1.807) is 12.2 Å². The summed E-state index contributed by atoms with van der Waals surface area (Å²) >= 11 is 0. The van der Waals surface area contributed by atoms with Gasteiger partial charge in [0.05, 0.1) is 30.3 Å². The number of rotatable bonds is 22. The first-order valence-electron chi connectivity index (χ1n) is 14.0. The molecule has 0 aromatic rings. The molecule has 226 valence electrons. The van der Waals surface area contributed by atoms with Crippen molar-refractivity contribution in [2.45, 2.75) is 110 Å². The Labute approximate surface area is 238 Å². The molecule has 0 saturated carbocycles. The zero-order valence-corrected chi connectivity index (χ0v) is 24.4. The second kappa shape index (κ2) is 21.4. The van der Waals surface area contributed by atoms with Crippen LogP contribution in [0.3, 0.4) is 0 Å². The summed E-state index contributed by atoms with van der Waals surface area (Å²) < 4.78 is 0. The molecule has 0 radical (unpaired) electrons. The highest BCUT2D eigenvalue weighted by atomic mass is 16.4. The highest BCUT2D eigenvalue weighted by Crippen LogP contribution is 2.16. The number of unbranched alkanes of at least 4 members (excludes halogenated alkanes) is 5. The molecule has 40 heavy (non-hydrogen) atoms. The van der Waals surface area contributed by atoms with E-state index in [4.69, 9.17) is 5.73 Å². The molecule has 0 fully saturated rings. The molecule has 0 spiro atoms. The normalized spacial score (nSPS) is 16.1. The van der Waals surface area contributed by atoms with Crippen LogP contribution in [0.5, 0.6) is 0 Å². The zero-order chi connectivity index (χ0) is 30.4. The molecule has 0 aromatic carbocycles. The summed E-state index contributed by atoms with van der Waals surface area (Å²) in [6, 6.07) is -1.08. The van der Waals surface area contributed by atoms with Crippen LogP contribution in [0.2, 0.25) is 0 Å². The molecule has 0 aromatic heterocycles. The molecule has 0 saturated heterocycles. The van der Waals surface area contributed by atoms with Gasteiger partial charge in [-0.25, -0.2) is 9.79 Å². The predicted molar refractivity (Wildman–Crippen MR) is 159 cm³/mol. The number of amides is 1. The lowest BCUT2D eigenvalue weighted by Crippen LogP contribution is -2.45. The number of carbonyl (C=O) groups is 3. The number of aliphatic carboxylic acids is 2. The number of aliphatic hydroxyl groups excluding tert-OH is 1. The fraction of sp³-hybridized carbons (Fsp3) is 0.621. The summed E-state index contributed by atoms with van der Waals surface area (Å²) in [5.74, 6) is -2.31. The molecule has 0 bridgehead atoms. The maximum absolute atomic E-state index is 11.9. The van der Waals surface area contributed by atoms with Crippen molar-refractivity contribution in [1.29, 1.82) is 0 Å². The van der Waals surface area contributed by atoms with Crippen LogP contribution >= 0.6 is 0 Å². The zero-order valence-electron chi connectivity index (χ0n) is 24.4. The van der Waals surface area contributed by atoms with E-state index >= 15 is 0 Å². The van der Waals surface area contributed by atoms with Crippen LogP contribution < -0.4 is 16.4 Å². The van der Waals surface area contributed by atoms with E-state index in [0.717, 1.165) is 56.9 Å². The molecular formula is C29H49N5O6. The smallest absolute Gasteiger partial charge is 0.330 e. The van der Waals surface area contributed by atoms with Crippen LogP contribution in [0.25, 0.3) is 0 Å². The largest absolute Gasteiger partial charge is 0.481 e. The van der Waals surface area contributed by atoms with E-state index in [1.807, 2.05) is 19.1 Å². The number of nitrogens with two attached hydrogens (primary N) is 1. The molecule has 0 rings (SSSR count). The maximum atomic E-state index is 11.9. The number of aliphatic hydroxyl groups is 1. The minimum absolute atomic E-state index is 0.0114. The van der Waals surface area contributed by atoms with Crippen molar-refractivity contribution in [1.82, 2.24) is 10.6 Å². The van der Waals surface area contributed by atoms with Gasteiger partial charge < -0.3 is 31.7 Å². The van der Waals surface area contributed by atoms with Crippen molar-refractivity contribution < 1.29 is 29.7 Å². The Hall–Kier alpha value is -3.47. The van der Waals surface area contributed by atoms with Gasteiger partial charge in [0, 0.05) is 6.21 Å². The number of hydrogen-bond donors (Lipinski definition) is 6. The first-order chi connectivity index (χ1) is 19.0. The summed E-state index contributed by atoms with van der Waals surface area (Å²) in [5.41, 5.74) is 5.86. The molecule has 7 N–H and O–H groups in total. The van der Waals surface area contributed by atoms with Gasteiger partial charge in [-0.1, -0.05) is 64.5 Å². The van der Waals surface area contributed by atoms with Crippen molar-refractivity contribution in [3.8, 4) is 0 Å². The molecule has 11 heteroatoms. The summed E-state index contributed by atoms with van der Waals surface area (Å²) in [4.78, 5) is 42.6. The van der Waals surface area contributed by atoms with E-state index in [9.17, 15) is 29.7 Å². The van der Waals surface area contributed by atoms with Crippen molar-refractivity contribution in [3.05, 3.63) is 35.6 Å². The molecule has 3 unspecified atom stereocenters. The highest BCUT2D eigenvalue weighted by Gasteiger charge is 2.25. The quantitative estimate of drug-likeness (QED) is 0.0378. The van der Waals surface area contributed by atoms with Crippen molar-refractivity contribution >= 4 is 30.5 Å². The summed E-state index contributed by atoms with van der Waals surface area (Å²) in [6.45, 7) is 7.56. The number of nitrogens with zero attached hydrogens (tertiary/aromatic N) is 2. The molecular weight excluding hydrogens is 514 g/mol. The van der Waals surface area contributed by atoms with Crippen LogP contribution in [0.15, 0.2) is 45.6 Å². The second-order valence-electron chi connectivity index (χ2n) is 9.89. The van der Waals surface area contributed by atoms with Crippen LogP contribution in [0.1, 0.15) is 91.9 Å². The van der Waals surface area contributed by atoms with Gasteiger partial charge >= 0.3 is 11.9 Å². The van der Waals surface area contributed by atoms with Gasteiger partial charge in [0.15, 0.2) is 5.96 Å². The Bertz CT molecular complexity index is 928. The number of allylic oxidation sites excluding steroid dienone is 3. The lowest BCUT2D eigenvalue weighted by atomic mass is 9.99. The number of carboxylic acid groups (broad SMARTS) is 2. The Kier molecular flexibility index (Phi) is 19.5. The van der Waals surface area contributed by atoms with Crippen molar-refractivity contribution in [3.63, 3.8) is 0 Å². The van der Waals surface area contributed by atoms with E-state index in [-0.39, 0.29) is 18.2 Å². The van der Waals surface area contributed by atoms with Gasteiger partial charge in [-0.05, 0) is 50.8 Å². The number of carbonyl (C=O) groups excluding carboxylic acids is 1. The fourth-order valence-corrected chi connectivity index (χ4v) is 3.83. The van der Waals surface area contributed by atoms with Gasteiger partial charge in [0.25, 0.3) is 0 Å². The summed E-state index contributed by atoms with van der Waals surface area (Å²) in [5, 5.41) is 34.8. The topological polar surface area (TPSA) is 187 Å². The fourth-order valence-electron chi connectivity index (χ4n) is 3.83. The SMILES string of the molecule is C/C=C/C(=C\C(NC(N)=NC/C=C(\N=CC(C)(CC(=O)O)NC=O)C(O)CCCCCC)C(=O)O)CCCCC. The van der Waals surface area contributed by atoms with Gasteiger partial charge in [-0.2, -0.15) is 0 Å². The van der Waals surface area contributed by atoms with Gasteiger partial charge in [0.1, 0.15) is 6.04 Å². The number of carboxylic acids is 2. The van der Waals surface area contributed by atoms with Gasteiger partial charge in [-0.15, -0.1) is 0 Å². The lowest BCUT2D eigenvalue weighted by Gasteiger charge is -2.22. The first-order valence-corrected chi connectivity index (χ1v) is 14.0. The Morgan fingerprint density at radius 3 is 2.33 bits per heavy atom. The Morgan fingerprint density at radius 2 is 1.75 bits per heavy atom. The Balaban J connectivity index is 5.82. The molecule has 0 aliphatic heterocycles. The summed E-state index contributed by atoms with van der Waals surface area (Å²) in [7, 11) is 0. The van der Waals surface area contributed by atoms with Gasteiger partial charge in [-0.3, -0.25) is 14.6 Å². The van der Waals surface area contributed by atoms with Crippen LogP contribution in [-0.2, 0) is 14.4 Å². The van der Waals surface area contributed by atoms with E-state index in [0.29, 0.717) is 12.8 Å². The predicted octanol–water partition coefficient (Wildman–Crippen LogP) is 3.69. The first kappa shape index (κ1) is 36.5. The monoisotopic (exact) mass is 563 g/mol. The number of aliphatic imine (C=N–C) groups is 2. The molecule has 0 aliphatic carbocycles. The molecule has 3 atom stereocenters.